The van der Waals surface area contributed by atoms with Gasteiger partial charge in [0, 0.05) is 17.9 Å². The molecule has 0 bridgehead atoms. The van der Waals surface area contributed by atoms with Crippen molar-refractivity contribution in [2.24, 2.45) is 5.92 Å². The van der Waals surface area contributed by atoms with E-state index in [1.165, 1.54) is 50.5 Å². The van der Waals surface area contributed by atoms with Gasteiger partial charge in [-0.25, -0.2) is 0 Å². The van der Waals surface area contributed by atoms with Crippen molar-refractivity contribution in [3.8, 4) is 0 Å². The molecule has 2 saturated carbocycles. The van der Waals surface area contributed by atoms with Crippen LogP contribution in [0.4, 0.5) is 0 Å². The molecule has 1 N–H and O–H groups in total. The van der Waals surface area contributed by atoms with Crippen LogP contribution >= 0.6 is 11.3 Å². The molecular weight excluding hydrogens is 266 g/mol. The second-order valence-electron chi connectivity index (χ2n) is 6.55. The van der Waals surface area contributed by atoms with Gasteiger partial charge in [0.1, 0.15) is 0 Å². The Kier molecular flexibility index (Phi) is 4.45. The normalized spacial score (nSPS) is 22.8. The van der Waals surface area contributed by atoms with Crippen molar-refractivity contribution in [2.75, 3.05) is 6.54 Å². The molecule has 0 saturated heterocycles. The number of hydrogen-bond acceptors (Lipinski definition) is 2. The second-order valence-corrected chi connectivity index (χ2v) is 7.33. The fourth-order valence-electron chi connectivity index (χ4n) is 3.95. The number of amides is 1. The van der Waals surface area contributed by atoms with Gasteiger partial charge in [0.05, 0.1) is 0 Å². The van der Waals surface area contributed by atoms with E-state index in [4.69, 9.17) is 0 Å². The lowest BCUT2D eigenvalue weighted by atomic mass is 9.80. The molecule has 1 heterocycles. The maximum atomic E-state index is 12.4. The third-order valence-corrected chi connectivity index (χ3v) is 5.95. The van der Waals surface area contributed by atoms with Crippen LogP contribution in [0, 0.1) is 5.92 Å². The largest absolute Gasteiger partial charge is 0.355 e. The highest BCUT2D eigenvalue weighted by atomic mass is 32.1. The standard InChI is InChI=1S/C17H25NOS/c19-16(14-6-2-1-3-7-14)18-13-17(9-4-5-10-17)15-8-11-20-12-15/h8,11-12,14H,1-7,9-10,13H2,(H,18,19). The van der Waals surface area contributed by atoms with Gasteiger partial charge in [0.25, 0.3) is 0 Å². The maximum Gasteiger partial charge on any atom is 0.223 e. The summed E-state index contributed by atoms with van der Waals surface area (Å²) >= 11 is 1.77. The van der Waals surface area contributed by atoms with Crippen molar-refractivity contribution in [2.45, 2.75) is 63.2 Å². The van der Waals surface area contributed by atoms with Crippen LogP contribution in [0.25, 0.3) is 0 Å². The fourth-order valence-corrected chi connectivity index (χ4v) is 4.73. The van der Waals surface area contributed by atoms with Crippen molar-refractivity contribution >= 4 is 17.2 Å². The van der Waals surface area contributed by atoms with Crippen LogP contribution < -0.4 is 5.32 Å². The molecule has 1 aromatic heterocycles. The van der Waals surface area contributed by atoms with E-state index in [0.717, 1.165) is 19.4 Å². The molecule has 110 valence electrons. The van der Waals surface area contributed by atoms with E-state index in [9.17, 15) is 4.79 Å². The number of rotatable bonds is 4. The first kappa shape index (κ1) is 14.1. The summed E-state index contributed by atoms with van der Waals surface area (Å²) in [5, 5.41) is 7.73. The lowest BCUT2D eigenvalue weighted by molar-refractivity contribution is -0.126. The van der Waals surface area contributed by atoms with E-state index in [-0.39, 0.29) is 11.3 Å². The molecule has 0 spiro atoms. The van der Waals surface area contributed by atoms with Crippen LogP contribution in [0.2, 0.25) is 0 Å². The summed E-state index contributed by atoms with van der Waals surface area (Å²) in [6.07, 6.45) is 11.0. The molecule has 0 radical (unpaired) electrons. The van der Waals surface area contributed by atoms with Crippen LogP contribution in [-0.4, -0.2) is 12.5 Å². The van der Waals surface area contributed by atoms with Crippen molar-refractivity contribution in [3.63, 3.8) is 0 Å². The molecule has 2 aliphatic rings. The molecule has 1 aromatic rings. The van der Waals surface area contributed by atoms with Gasteiger partial charge in [-0.15, -0.1) is 0 Å². The summed E-state index contributed by atoms with van der Waals surface area (Å²) in [7, 11) is 0. The Bertz CT molecular complexity index is 428. The van der Waals surface area contributed by atoms with Crippen molar-refractivity contribution in [1.29, 1.82) is 0 Å². The van der Waals surface area contributed by atoms with Gasteiger partial charge in [0.2, 0.25) is 5.91 Å². The van der Waals surface area contributed by atoms with E-state index in [2.05, 4.69) is 22.1 Å². The summed E-state index contributed by atoms with van der Waals surface area (Å²) < 4.78 is 0. The molecule has 0 aliphatic heterocycles. The highest BCUT2D eigenvalue weighted by Gasteiger charge is 2.36. The quantitative estimate of drug-likeness (QED) is 0.882. The molecule has 1 amide bonds. The van der Waals surface area contributed by atoms with Crippen molar-refractivity contribution in [3.05, 3.63) is 22.4 Å². The van der Waals surface area contributed by atoms with Gasteiger partial charge in [-0.2, -0.15) is 11.3 Å². The summed E-state index contributed by atoms with van der Waals surface area (Å²) in [6, 6.07) is 2.25. The monoisotopic (exact) mass is 291 g/mol. The highest BCUT2D eigenvalue weighted by Crippen LogP contribution is 2.41. The Morgan fingerprint density at radius 3 is 2.60 bits per heavy atom. The van der Waals surface area contributed by atoms with E-state index < -0.39 is 0 Å². The molecule has 3 rings (SSSR count). The lowest BCUT2D eigenvalue weighted by Crippen LogP contribution is -2.41. The summed E-state index contributed by atoms with van der Waals surface area (Å²) in [5.41, 5.74) is 1.67. The van der Waals surface area contributed by atoms with Crippen LogP contribution in [0.3, 0.4) is 0 Å². The van der Waals surface area contributed by atoms with Crippen LogP contribution in [0.1, 0.15) is 63.4 Å². The molecule has 0 aromatic carbocycles. The first-order chi connectivity index (χ1) is 9.80. The highest BCUT2D eigenvalue weighted by molar-refractivity contribution is 7.08. The first-order valence-corrected chi connectivity index (χ1v) is 9.05. The Balaban J connectivity index is 1.61. The summed E-state index contributed by atoms with van der Waals surface area (Å²) in [5.74, 6) is 0.593. The smallest absolute Gasteiger partial charge is 0.223 e. The van der Waals surface area contributed by atoms with Crippen molar-refractivity contribution < 1.29 is 4.79 Å². The third-order valence-electron chi connectivity index (χ3n) is 5.27. The van der Waals surface area contributed by atoms with Crippen LogP contribution in [0.5, 0.6) is 0 Å². The molecule has 20 heavy (non-hydrogen) atoms. The predicted octanol–water partition coefficient (Wildman–Crippen LogP) is 4.26. The van der Waals surface area contributed by atoms with Gasteiger partial charge in [-0.3, -0.25) is 4.79 Å². The van der Waals surface area contributed by atoms with Gasteiger partial charge < -0.3 is 5.32 Å². The zero-order valence-corrected chi connectivity index (χ0v) is 13.0. The van der Waals surface area contributed by atoms with E-state index in [1.807, 2.05) is 0 Å². The topological polar surface area (TPSA) is 29.1 Å². The molecule has 3 heteroatoms. The predicted molar refractivity (Wildman–Crippen MR) is 84.0 cm³/mol. The fraction of sp³-hybridized carbons (Fsp3) is 0.706. The van der Waals surface area contributed by atoms with Gasteiger partial charge in [-0.1, -0.05) is 32.1 Å². The minimum absolute atomic E-state index is 0.227. The summed E-state index contributed by atoms with van der Waals surface area (Å²) in [4.78, 5) is 12.4. The molecule has 2 aliphatic carbocycles. The van der Waals surface area contributed by atoms with Crippen LogP contribution in [-0.2, 0) is 10.2 Å². The first-order valence-electron chi connectivity index (χ1n) is 8.11. The number of carbonyl (C=O) groups is 1. The minimum atomic E-state index is 0.227. The molecule has 2 nitrogen and oxygen atoms in total. The second kappa shape index (κ2) is 6.30. The SMILES string of the molecule is O=C(NCC1(c2ccsc2)CCCC1)C1CCCCC1. The lowest BCUT2D eigenvalue weighted by Gasteiger charge is -2.30. The zero-order valence-electron chi connectivity index (χ0n) is 12.2. The van der Waals surface area contributed by atoms with Gasteiger partial charge in [-0.05, 0) is 48.1 Å². The third kappa shape index (κ3) is 2.93. The average molecular weight is 291 g/mol. The van der Waals surface area contributed by atoms with Gasteiger partial charge in [0.15, 0.2) is 0 Å². The number of hydrogen-bond donors (Lipinski definition) is 1. The Hall–Kier alpha value is -0.830. The average Bonchev–Trinajstić information content (AvgIpc) is 3.17. The zero-order chi connectivity index (χ0) is 13.8. The summed E-state index contributed by atoms with van der Waals surface area (Å²) in [6.45, 7) is 0.846. The molecule has 0 atom stereocenters. The minimum Gasteiger partial charge on any atom is -0.355 e. The Morgan fingerprint density at radius 2 is 1.95 bits per heavy atom. The number of thiophene rings is 1. The van der Waals surface area contributed by atoms with E-state index >= 15 is 0 Å². The van der Waals surface area contributed by atoms with Gasteiger partial charge >= 0.3 is 0 Å². The van der Waals surface area contributed by atoms with Crippen molar-refractivity contribution in [1.82, 2.24) is 5.32 Å². The number of nitrogens with one attached hydrogen (secondary N) is 1. The van der Waals surface area contributed by atoms with Crippen LogP contribution in [0.15, 0.2) is 16.8 Å². The molecule has 2 fully saturated rings. The van der Waals surface area contributed by atoms with E-state index in [0.29, 0.717) is 5.91 Å². The van der Waals surface area contributed by atoms with E-state index in [1.54, 1.807) is 11.3 Å². The molecule has 0 unspecified atom stereocenters. The number of carbonyl (C=O) groups excluding carboxylic acids is 1. The Labute approximate surface area is 126 Å². The Morgan fingerprint density at radius 1 is 1.20 bits per heavy atom. The molecular formula is C17H25NOS. The maximum absolute atomic E-state index is 12.4.